The summed E-state index contributed by atoms with van der Waals surface area (Å²) < 4.78 is 85.1. The van der Waals surface area contributed by atoms with E-state index in [9.17, 15) is 22.0 Å². The van der Waals surface area contributed by atoms with E-state index in [1.165, 1.54) is 18.2 Å². The van der Waals surface area contributed by atoms with Crippen molar-refractivity contribution < 1.29 is 40.9 Å². The molecule has 2 aliphatic rings. The Morgan fingerprint density at radius 1 is 1.19 bits per heavy atom. The van der Waals surface area contributed by atoms with Crippen molar-refractivity contribution in [2.75, 3.05) is 26.5 Å². The lowest BCUT2D eigenvalue weighted by atomic mass is 10.0. The molecule has 4 nitrogen and oxygen atoms in total. The molecule has 1 aliphatic heterocycles. The average Bonchev–Trinajstić information content (AvgIpc) is 2.63. The van der Waals surface area contributed by atoms with E-state index >= 15 is 0 Å². The molecule has 1 heterocycles. The first-order valence-corrected chi connectivity index (χ1v) is 8.51. The highest BCUT2D eigenvalue weighted by Gasteiger charge is 2.59. The predicted molar refractivity (Wildman–Crippen MR) is 82.9 cm³/mol. The van der Waals surface area contributed by atoms with Gasteiger partial charge in [-0.25, -0.2) is 4.39 Å². The molecular formula is C17H23F5O4. The monoisotopic (exact) mass is 386 g/mol. The van der Waals surface area contributed by atoms with Crippen LogP contribution in [0.1, 0.15) is 26.2 Å². The van der Waals surface area contributed by atoms with Crippen LogP contribution in [0, 0.1) is 0 Å². The van der Waals surface area contributed by atoms with Crippen LogP contribution in [0.15, 0.2) is 23.8 Å². The van der Waals surface area contributed by atoms with Crippen molar-refractivity contribution in [3.05, 3.63) is 23.8 Å². The summed E-state index contributed by atoms with van der Waals surface area (Å²) >= 11 is 0. The second-order valence-electron chi connectivity index (χ2n) is 6.16. The maximum Gasteiger partial charge on any atom is 0.422 e. The molecule has 0 aromatic carbocycles. The van der Waals surface area contributed by atoms with Gasteiger partial charge in [-0.1, -0.05) is 31.6 Å². The summed E-state index contributed by atoms with van der Waals surface area (Å²) in [5.74, 6) is -4.87. The second kappa shape index (κ2) is 9.25. The normalized spacial score (nSPS) is 27.5. The van der Waals surface area contributed by atoms with E-state index < -0.39 is 31.1 Å². The summed E-state index contributed by atoms with van der Waals surface area (Å²) in [5.41, 5.74) is 0.581. The van der Waals surface area contributed by atoms with Crippen molar-refractivity contribution in [3.8, 4) is 0 Å². The Labute approximate surface area is 148 Å². The van der Waals surface area contributed by atoms with Crippen LogP contribution in [0.3, 0.4) is 0 Å². The number of unbranched alkanes of at least 4 members (excludes halogenated alkanes) is 1. The van der Waals surface area contributed by atoms with Crippen LogP contribution in [0.4, 0.5) is 22.0 Å². The molecule has 2 rings (SSSR count). The van der Waals surface area contributed by atoms with E-state index in [0.717, 1.165) is 12.8 Å². The number of halogens is 5. The van der Waals surface area contributed by atoms with E-state index in [1.807, 2.05) is 0 Å². The van der Waals surface area contributed by atoms with Crippen molar-refractivity contribution in [1.82, 2.24) is 0 Å². The van der Waals surface area contributed by atoms with Gasteiger partial charge in [-0.15, -0.1) is 0 Å². The summed E-state index contributed by atoms with van der Waals surface area (Å²) in [6, 6.07) is 0. The van der Waals surface area contributed by atoms with Crippen LogP contribution in [0.25, 0.3) is 0 Å². The van der Waals surface area contributed by atoms with Gasteiger partial charge in [-0.3, -0.25) is 0 Å². The van der Waals surface area contributed by atoms with Gasteiger partial charge in [-0.05, 0) is 12.8 Å². The summed E-state index contributed by atoms with van der Waals surface area (Å²) in [6.45, 7) is 0.849. The lowest BCUT2D eigenvalue weighted by Gasteiger charge is -2.32. The zero-order valence-electron chi connectivity index (χ0n) is 14.4. The molecule has 26 heavy (non-hydrogen) atoms. The van der Waals surface area contributed by atoms with Crippen molar-refractivity contribution in [3.63, 3.8) is 0 Å². The third-order valence-corrected chi connectivity index (χ3v) is 3.97. The van der Waals surface area contributed by atoms with E-state index in [-0.39, 0.29) is 12.5 Å². The molecule has 0 amide bonds. The zero-order chi connectivity index (χ0) is 19.2. The molecule has 1 saturated heterocycles. The Bertz CT molecular complexity index is 501. The van der Waals surface area contributed by atoms with Gasteiger partial charge in [0.05, 0.1) is 19.3 Å². The standard InChI is InChI=1S/C17H23F5O4/c1-2-3-8-23-14-9-24-15(25-10-14)12-4-6-13(7-5-12)26-17(21,22)16(19,20)11-18/h4-6,13-15H,2-3,7-11H2,1H3. The number of hydrogen-bond donors (Lipinski definition) is 0. The van der Waals surface area contributed by atoms with Gasteiger partial charge in [0.15, 0.2) is 13.0 Å². The fraction of sp³-hybridized carbons (Fsp3) is 0.765. The fourth-order valence-corrected chi connectivity index (χ4v) is 2.40. The number of ether oxygens (including phenoxy) is 4. The summed E-state index contributed by atoms with van der Waals surface area (Å²) in [7, 11) is 0. The molecule has 0 N–H and O–H groups in total. The number of hydrogen-bond acceptors (Lipinski definition) is 4. The van der Waals surface area contributed by atoms with Crippen LogP contribution in [-0.4, -0.2) is 57.0 Å². The highest BCUT2D eigenvalue weighted by atomic mass is 19.3. The molecule has 1 unspecified atom stereocenters. The van der Waals surface area contributed by atoms with Gasteiger partial charge < -0.3 is 18.9 Å². The van der Waals surface area contributed by atoms with Gasteiger partial charge >= 0.3 is 12.0 Å². The van der Waals surface area contributed by atoms with Crippen LogP contribution >= 0.6 is 0 Å². The quantitative estimate of drug-likeness (QED) is 0.443. The van der Waals surface area contributed by atoms with Crippen molar-refractivity contribution in [2.45, 2.75) is 56.7 Å². The van der Waals surface area contributed by atoms with Crippen molar-refractivity contribution in [1.29, 1.82) is 0 Å². The molecule has 0 aromatic rings. The Kier molecular flexibility index (Phi) is 7.57. The molecule has 1 aliphatic carbocycles. The Hall–Kier alpha value is -1.03. The summed E-state index contributed by atoms with van der Waals surface area (Å²) in [4.78, 5) is 0. The van der Waals surface area contributed by atoms with Crippen LogP contribution in [0.2, 0.25) is 0 Å². The van der Waals surface area contributed by atoms with Gasteiger partial charge in [0.1, 0.15) is 6.10 Å². The largest absolute Gasteiger partial charge is 0.422 e. The molecule has 0 aromatic heterocycles. The zero-order valence-corrected chi connectivity index (χ0v) is 14.4. The molecule has 1 atom stereocenters. The lowest BCUT2D eigenvalue weighted by Crippen LogP contribution is -2.46. The summed E-state index contributed by atoms with van der Waals surface area (Å²) in [6.07, 6.45) is -0.997. The second-order valence-corrected chi connectivity index (χ2v) is 6.16. The maximum absolute atomic E-state index is 13.3. The third-order valence-electron chi connectivity index (χ3n) is 3.97. The Balaban J connectivity index is 1.79. The number of alkyl halides is 5. The molecule has 0 radical (unpaired) electrons. The minimum atomic E-state index is -4.89. The van der Waals surface area contributed by atoms with Gasteiger partial charge in [0.25, 0.3) is 0 Å². The highest BCUT2D eigenvalue weighted by molar-refractivity contribution is 5.27. The first-order valence-electron chi connectivity index (χ1n) is 8.51. The topological polar surface area (TPSA) is 36.9 Å². The molecule has 0 bridgehead atoms. The van der Waals surface area contributed by atoms with Gasteiger partial charge in [-0.2, -0.15) is 17.6 Å². The Morgan fingerprint density at radius 2 is 1.88 bits per heavy atom. The molecule has 150 valence electrons. The highest BCUT2D eigenvalue weighted by Crippen LogP contribution is 2.38. The van der Waals surface area contributed by atoms with E-state index in [2.05, 4.69) is 11.7 Å². The van der Waals surface area contributed by atoms with E-state index in [4.69, 9.17) is 14.2 Å². The van der Waals surface area contributed by atoms with Gasteiger partial charge in [0.2, 0.25) is 0 Å². The van der Waals surface area contributed by atoms with Crippen LogP contribution < -0.4 is 0 Å². The average molecular weight is 386 g/mol. The van der Waals surface area contributed by atoms with Gasteiger partial charge in [0, 0.05) is 12.2 Å². The summed E-state index contributed by atoms with van der Waals surface area (Å²) in [5, 5.41) is 0. The fourth-order valence-electron chi connectivity index (χ4n) is 2.40. The number of rotatable bonds is 9. The third kappa shape index (κ3) is 5.48. The Morgan fingerprint density at radius 3 is 2.42 bits per heavy atom. The smallest absolute Gasteiger partial charge is 0.373 e. The minimum absolute atomic E-state index is 0.0799. The predicted octanol–water partition coefficient (Wildman–Crippen LogP) is 4.01. The van der Waals surface area contributed by atoms with E-state index in [1.54, 1.807) is 0 Å². The molecular weight excluding hydrogens is 363 g/mol. The van der Waals surface area contributed by atoms with Crippen molar-refractivity contribution >= 4 is 0 Å². The molecule has 0 saturated carbocycles. The molecule has 0 spiro atoms. The molecule has 1 fully saturated rings. The van der Waals surface area contributed by atoms with E-state index in [0.29, 0.717) is 25.4 Å². The van der Waals surface area contributed by atoms with Crippen LogP contribution in [0.5, 0.6) is 0 Å². The maximum atomic E-state index is 13.3. The first kappa shape index (κ1) is 21.3. The lowest BCUT2D eigenvalue weighted by molar-refractivity contribution is -0.358. The minimum Gasteiger partial charge on any atom is -0.373 e. The first-order chi connectivity index (χ1) is 12.3. The SMILES string of the molecule is CCCCOC1COC(C2=CCC(OC(F)(F)C(F)(F)CF)C=C2)OC1. The van der Waals surface area contributed by atoms with Crippen molar-refractivity contribution in [2.24, 2.45) is 0 Å². The molecule has 9 heteroatoms. The van der Waals surface area contributed by atoms with Crippen LogP contribution in [-0.2, 0) is 18.9 Å².